The molecule has 0 spiro atoms. The minimum Gasteiger partial charge on any atom is -0.379 e. The first kappa shape index (κ1) is 16.4. The molecule has 0 saturated carbocycles. The molecular weight excluding hydrogens is 267 g/mol. The van der Waals surface area contributed by atoms with Gasteiger partial charge in [-0.1, -0.05) is 19.1 Å². The van der Waals surface area contributed by atoms with Gasteiger partial charge in [-0.05, 0) is 44.5 Å². The molecule has 1 atom stereocenters. The monoisotopic (exact) mass is 294 g/mol. The average molecular weight is 294 g/mol. The normalized spacial score (nSPS) is 18.7. The van der Waals surface area contributed by atoms with Crippen LogP contribution >= 0.6 is 0 Å². The Kier molecular flexibility index (Phi) is 5.73. The number of nitrogens with one attached hydrogen (secondary N) is 1. The van der Waals surface area contributed by atoms with Crippen molar-refractivity contribution in [1.82, 2.24) is 10.2 Å². The number of halogens is 1. The van der Waals surface area contributed by atoms with Gasteiger partial charge < -0.3 is 10.1 Å². The van der Waals surface area contributed by atoms with Gasteiger partial charge in [-0.3, -0.25) is 4.90 Å². The summed E-state index contributed by atoms with van der Waals surface area (Å²) in [7, 11) is 0. The van der Waals surface area contributed by atoms with Crippen LogP contribution in [0.5, 0.6) is 0 Å². The summed E-state index contributed by atoms with van der Waals surface area (Å²) in [4.78, 5) is 2.44. The molecule has 1 aliphatic heterocycles. The SMILES string of the molecule is CCCNC(c1cccc(F)c1)C(C)(C)N1CCOCC1. The summed E-state index contributed by atoms with van der Waals surface area (Å²) in [6.07, 6.45) is 1.06. The van der Waals surface area contributed by atoms with Gasteiger partial charge in [-0.15, -0.1) is 0 Å². The standard InChI is InChI=1S/C17H27FN2O/c1-4-8-19-16(14-6-5-7-15(18)13-14)17(2,3)20-9-11-21-12-10-20/h5-7,13,16,19H,4,8-12H2,1-3H3. The van der Waals surface area contributed by atoms with Crippen LogP contribution in [0.2, 0.25) is 0 Å². The van der Waals surface area contributed by atoms with E-state index in [0.29, 0.717) is 0 Å². The van der Waals surface area contributed by atoms with E-state index in [9.17, 15) is 4.39 Å². The van der Waals surface area contributed by atoms with Crippen LogP contribution in [0.4, 0.5) is 4.39 Å². The van der Waals surface area contributed by atoms with E-state index in [4.69, 9.17) is 4.74 Å². The highest BCUT2D eigenvalue weighted by molar-refractivity contribution is 5.24. The van der Waals surface area contributed by atoms with E-state index in [1.54, 1.807) is 12.1 Å². The van der Waals surface area contributed by atoms with Gasteiger partial charge in [-0.2, -0.15) is 0 Å². The number of morpholine rings is 1. The topological polar surface area (TPSA) is 24.5 Å². The first-order valence-corrected chi connectivity index (χ1v) is 7.87. The lowest BCUT2D eigenvalue weighted by atomic mass is 9.86. The molecule has 0 aromatic heterocycles. The van der Waals surface area contributed by atoms with E-state index in [1.807, 2.05) is 6.07 Å². The van der Waals surface area contributed by atoms with Gasteiger partial charge in [-0.25, -0.2) is 4.39 Å². The Morgan fingerprint density at radius 1 is 1.33 bits per heavy atom. The van der Waals surface area contributed by atoms with Gasteiger partial charge in [0.1, 0.15) is 5.82 Å². The van der Waals surface area contributed by atoms with Crippen molar-refractivity contribution >= 4 is 0 Å². The maximum atomic E-state index is 13.6. The average Bonchev–Trinajstić information content (AvgIpc) is 2.48. The van der Waals surface area contributed by atoms with Crippen molar-refractivity contribution in [1.29, 1.82) is 0 Å². The second kappa shape index (κ2) is 7.34. The van der Waals surface area contributed by atoms with Crippen molar-refractivity contribution in [2.45, 2.75) is 38.8 Å². The summed E-state index contributed by atoms with van der Waals surface area (Å²) in [5.74, 6) is -0.173. The maximum absolute atomic E-state index is 13.6. The zero-order chi connectivity index (χ0) is 15.3. The fourth-order valence-corrected chi connectivity index (χ4v) is 3.07. The number of hydrogen-bond donors (Lipinski definition) is 1. The molecule has 1 fully saturated rings. The lowest BCUT2D eigenvalue weighted by Gasteiger charge is -2.46. The molecule has 1 saturated heterocycles. The van der Waals surface area contributed by atoms with Gasteiger partial charge in [0.15, 0.2) is 0 Å². The molecule has 0 bridgehead atoms. The van der Waals surface area contributed by atoms with Crippen LogP contribution in [-0.2, 0) is 4.74 Å². The molecule has 4 heteroatoms. The minimum absolute atomic E-state index is 0.0905. The third-order valence-corrected chi connectivity index (χ3v) is 4.31. The lowest BCUT2D eigenvalue weighted by Crippen LogP contribution is -2.56. The Bertz CT molecular complexity index is 444. The third kappa shape index (κ3) is 4.02. The van der Waals surface area contributed by atoms with E-state index < -0.39 is 0 Å². The molecule has 3 nitrogen and oxygen atoms in total. The lowest BCUT2D eigenvalue weighted by molar-refractivity contribution is -0.0238. The zero-order valence-electron chi connectivity index (χ0n) is 13.4. The molecule has 0 amide bonds. The van der Waals surface area contributed by atoms with Gasteiger partial charge in [0.25, 0.3) is 0 Å². The van der Waals surface area contributed by atoms with Crippen LogP contribution in [0.3, 0.4) is 0 Å². The Morgan fingerprint density at radius 3 is 2.67 bits per heavy atom. The molecule has 1 N–H and O–H groups in total. The summed E-state index contributed by atoms with van der Waals surface area (Å²) in [6.45, 7) is 10.9. The second-order valence-electron chi connectivity index (χ2n) is 6.20. The van der Waals surface area contributed by atoms with E-state index in [2.05, 4.69) is 31.0 Å². The van der Waals surface area contributed by atoms with Crippen molar-refractivity contribution in [2.75, 3.05) is 32.8 Å². The molecule has 2 rings (SSSR count). The van der Waals surface area contributed by atoms with Crippen molar-refractivity contribution in [3.63, 3.8) is 0 Å². The van der Waals surface area contributed by atoms with Crippen LogP contribution < -0.4 is 5.32 Å². The largest absolute Gasteiger partial charge is 0.379 e. The summed E-state index contributed by atoms with van der Waals surface area (Å²) in [5, 5.41) is 3.60. The predicted molar refractivity (Wildman–Crippen MR) is 83.9 cm³/mol. The van der Waals surface area contributed by atoms with Crippen LogP contribution in [0, 0.1) is 5.82 Å². The quantitative estimate of drug-likeness (QED) is 0.873. The van der Waals surface area contributed by atoms with Crippen molar-refractivity contribution in [2.24, 2.45) is 0 Å². The predicted octanol–water partition coefficient (Wildman–Crippen LogP) is 2.98. The van der Waals surface area contributed by atoms with E-state index >= 15 is 0 Å². The molecule has 118 valence electrons. The van der Waals surface area contributed by atoms with Gasteiger partial charge in [0.05, 0.1) is 19.3 Å². The van der Waals surface area contributed by atoms with Crippen molar-refractivity contribution in [3.8, 4) is 0 Å². The highest BCUT2D eigenvalue weighted by atomic mass is 19.1. The molecule has 1 aromatic rings. The van der Waals surface area contributed by atoms with Crippen LogP contribution in [-0.4, -0.2) is 43.3 Å². The van der Waals surface area contributed by atoms with Gasteiger partial charge >= 0.3 is 0 Å². The van der Waals surface area contributed by atoms with Crippen molar-refractivity contribution < 1.29 is 9.13 Å². The second-order valence-corrected chi connectivity index (χ2v) is 6.20. The molecule has 1 aliphatic rings. The number of rotatable bonds is 6. The Morgan fingerprint density at radius 2 is 2.05 bits per heavy atom. The van der Waals surface area contributed by atoms with Crippen LogP contribution in [0.15, 0.2) is 24.3 Å². The molecule has 0 aliphatic carbocycles. The highest BCUT2D eigenvalue weighted by Crippen LogP contribution is 2.32. The smallest absolute Gasteiger partial charge is 0.123 e. The molecule has 1 aromatic carbocycles. The summed E-state index contributed by atoms with van der Waals surface area (Å²) >= 11 is 0. The fraction of sp³-hybridized carbons (Fsp3) is 0.647. The van der Waals surface area contributed by atoms with E-state index in [0.717, 1.165) is 44.8 Å². The molecule has 1 unspecified atom stereocenters. The molecular formula is C17H27FN2O. The van der Waals surface area contributed by atoms with Crippen LogP contribution in [0.1, 0.15) is 38.8 Å². The summed E-state index contributed by atoms with van der Waals surface area (Å²) in [6, 6.07) is 7.06. The number of nitrogens with zero attached hydrogens (tertiary/aromatic N) is 1. The first-order valence-electron chi connectivity index (χ1n) is 7.87. The summed E-state index contributed by atoms with van der Waals surface area (Å²) in [5.41, 5.74) is 0.923. The Labute approximate surface area is 127 Å². The van der Waals surface area contributed by atoms with E-state index in [-0.39, 0.29) is 17.4 Å². The van der Waals surface area contributed by atoms with Gasteiger partial charge in [0.2, 0.25) is 0 Å². The van der Waals surface area contributed by atoms with Crippen molar-refractivity contribution in [3.05, 3.63) is 35.6 Å². The highest BCUT2D eigenvalue weighted by Gasteiger charge is 2.36. The Balaban J connectivity index is 2.25. The molecule has 0 radical (unpaired) electrons. The Hall–Kier alpha value is -0.970. The fourth-order valence-electron chi connectivity index (χ4n) is 3.07. The number of ether oxygens (including phenoxy) is 1. The summed E-state index contributed by atoms with van der Waals surface area (Å²) < 4.78 is 19.1. The van der Waals surface area contributed by atoms with E-state index in [1.165, 1.54) is 6.07 Å². The zero-order valence-corrected chi connectivity index (χ0v) is 13.4. The number of hydrogen-bond acceptors (Lipinski definition) is 3. The molecule has 21 heavy (non-hydrogen) atoms. The van der Waals surface area contributed by atoms with Gasteiger partial charge in [0, 0.05) is 18.6 Å². The first-order chi connectivity index (χ1) is 10.1. The third-order valence-electron chi connectivity index (χ3n) is 4.31. The minimum atomic E-state index is -0.173. The van der Waals surface area contributed by atoms with Crippen LogP contribution in [0.25, 0.3) is 0 Å². The number of benzene rings is 1. The maximum Gasteiger partial charge on any atom is 0.123 e. The molecule has 1 heterocycles.